The summed E-state index contributed by atoms with van der Waals surface area (Å²) in [6.45, 7) is 8.66. The van der Waals surface area contributed by atoms with Crippen LogP contribution in [0.2, 0.25) is 0 Å². The van der Waals surface area contributed by atoms with Gasteiger partial charge in [-0.1, -0.05) is 206 Å². The maximum atomic E-state index is 12.4. The van der Waals surface area contributed by atoms with Crippen molar-refractivity contribution in [2.24, 2.45) is 0 Å². The fourth-order valence-corrected chi connectivity index (χ4v) is 9.66. The lowest BCUT2D eigenvalue weighted by molar-refractivity contribution is -0.870. The topological polar surface area (TPSA) is 154 Å². The molecule has 0 bridgehead atoms. The van der Waals surface area contributed by atoms with Crippen LogP contribution in [-0.2, 0) is 46.2 Å². The molecule has 0 saturated heterocycles. The van der Waals surface area contributed by atoms with E-state index in [0.29, 0.717) is 61.7 Å². The number of ether oxygens (including phenoxy) is 4. The van der Waals surface area contributed by atoms with Crippen molar-refractivity contribution in [3.63, 3.8) is 0 Å². The van der Waals surface area contributed by atoms with E-state index >= 15 is 0 Å². The van der Waals surface area contributed by atoms with Gasteiger partial charge in [-0.15, -0.1) is 0 Å². The van der Waals surface area contributed by atoms with E-state index in [1.807, 2.05) is 42.3 Å². The van der Waals surface area contributed by atoms with Gasteiger partial charge in [-0.3, -0.25) is 9.13 Å². The number of likely N-dealkylation sites (N-methyl/N-ethyl adjacent to an activating group) is 2. The zero-order valence-corrected chi connectivity index (χ0v) is 50.2. The van der Waals surface area contributed by atoms with Crippen molar-refractivity contribution < 1.29 is 64.9 Å². The lowest BCUT2D eigenvalue weighted by atomic mass is 10.0. The summed E-state index contributed by atoms with van der Waals surface area (Å²) >= 11 is 0. The van der Waals surface area contributed by atoms with Crippen LogP contribution in [0.15, 0.2) is 0 Å². The molecule has 0 heterocycles. The van der Waals surface area contributed by atoms with Gasteiger partial charge in [0, 0.05) is 26.4 Å². The minimum Gasteiger partial charge on any atom is -0.756 e. The van der Waals surface area contributed by atoms with Gasteiger partial charge in [0.05, 0.1) is 68.7 Å². The second-order valence-electron chi connectivity index (χ2n) is 22.6. The highest BCUT2D eigenvalue weighted by Crippen LogP contribution is 2.39. The summed E-state index contributed by atoms with van der Waals surface area (Å²) in [4.78, 5) is 24.8. The predicted molar refractivity (Wildman–Crippen MR) is 294 cm³/mol. The maximum Gasteiger partial charge on any atom is 0.268 e. The summed E-state index contributed by atoms with van der Waals surface area (Å²) in [6, 6.07) is 0. The number of phosphoric ester groups is 2. The summed E-state index contributed by atoms with van der Waals surface area (Å²) in [5, 5.41) is 0. The number of quaternary nitrogens is 2. The highest BCUT2D eigenvalue weighted by Gasteiger charge is 2.20. The van der Waals surface area contributed by atoms with Crippen LogP contribution in [0.1, 0.15) is 232 Å². The molecule has 0 rings (SSSR count). The van der Waals surface area contributed by atoms with Crippen LogP contribution in [0.3, 0.4) is 0 Å². The summed E-state index contributed by atoms with van der Waals surface area (Å²) < 4.78 is 70.6. The van der Waals surface area contributed by atoms with E-state index < -0.39 is 27.9 Å². The molecule has 72 heavy (non-hydrogen) atoms. The molecule has 0 aromatic rings. The second-order valence-corrected chi connectivity index (χ2v) is 25.5. The van der Waals surface area contributed by atoms with E-state index in [9.17, 15) is 18.9 Å². The van der Waals surface area contributed by atoms with E-state index in [1.165, 1.54) is 167 Å². The molecule has 0 aliphatic carbocycles. The van der Waals surface area contributed by atoms with Crippen molar-refractivity contribution in [3.8, 4) is 0 Å². The Morgan fingerprint density at radius 2 is 0.556 bits per heavy atom. The maximum absolute atomic E-state index is 12.4. The molecule has 4 atom stereocenters. The molecule has 0 aliphatic rings. The quantitative estimate of drug-likeness (QED) is 0.0323. The summed E-state index contributed by atoms with van der Waals surface area (Å²) in [7, 11) is 3.11. The van der Waals surface area contributed by atoms with Crippen LogP contribution in [0, 0.1) is 0 Å². The van der Waals surface area contributed by atoms with Gasteiger partial charge in [-0.2, -0.15) is 0 Å². The molecular weight excluding hydrogens is 955 g/mol. The standard InChI is InChI=1S/C56H118N2O12P2/c1-9-11-13-15-17-33-37-41-47-65-55(53-69-71(59,60)67-49-43-57(3,4)5)51-63-45-39-35-31-29-27-25-23-21-19-20-22-24-26-28-30-32-36-40-46-64-52-56(66-48-42-38-34-18-16-14-12-10-2)54-70-72(61,62)68-50-44-58(6,7)8/h55-56H,9-54H2,1-8H3. The molecule has 0 fully saturated rings. The van der Waals surface area contributed by atoms with Crippen molar-refractivity contribution in [2.45, 2.75) is 244 Å². The van der Waals surface area contributed by atoms with Crippen molar-refractivity contribution in [3.05, 3.63) is 0 Å². The SMILES string of the molecule is CCCCCCCCCCOC(COCCCCCCCCCCCCCCCCCCCCOCC(COP(=O)([O-])OCC[N+](C)(C)C)OCCCCCCCCCC)COP(=O)([O-])OCC[N+](C)(C)C. The van der Waals surface area contributed by atoms with E-state index in [0.717, 1.165) is 51.4 Å². The third-order valence-electron chi connectivity index (χ3n) is 13.0. The van der Waals surface area contributed by atoms with Gasteiger partial charge < -0.3 is 55.8 Å². The van der Waals surface area contributed by atoms with Gasteiger partial charge in [-0.25, -0.2) is 0 Å². The highest BCUT2D eigenvalue weighted by atomic mass is 31.2. The van der Waals surface area contributed by atoms with Gasteiger partial charge in [0.1, 0.15) is 38.5 Å². The van der Waals surface area contributed by atoms with E-state index in [4.69, 9.17) is 37.0 Å². The molecular formula is C56H118N2O12P2. The molecule has 0 saturated carbocycles. The number of nitrogens with zero attached hydrogens (tertiary/aromatic N) is 2. The van der Waals surface area contributed by atoms with Gasteiger partial charge in [-0.05, 0) is 25.7 Å². The summed E-state index contributed by atoms with van der Waals surface area (Å²) in [5.74, 6) is 0. The third kappa shape index (κ3) is 56.2. The van der Waals surface area contributed by atoms with Gasteiger partial charge in [0.25, 0.3) is 15.6 Å². The average molecular weight is 1070 g/mol. The minimum absolute atomic E-state index is 0.0845. The van der Waals surface area contributed by atoms with E-state index in [2.05, 4.69) is 13.8 Å². The Kier molecular flexibility index (Phi) is 49.3. The van der Waals surface area contributed by atoms with Crippen LogP contribution in [0.5, 0.6) is 0 Å². The average Bonchev–Trinajstić information content (AvgIpc) is 3.31. The van der Waals surface area contributed by atoms with Crippen molar-refractivity contribution >= 4 is 15.6 Å². The Labute approximate surface area is 444 Å². The van der Waals surface area contributed by atoms with Crippen LogP contribution >= 0.6 is 15.6 Å². The predicted octanol–water partition coefficient (Wildman–Crippen LogP) is 13.5. The Hall–Kier alpha value is -0.0200. The monoisotopic (exact) mass is 1070 g/mol. The fourth-order valence-electron chi connectivity index (χ4n) is 8.20. The van der Waals surface area contributed by atoms with Crippen LogP contribution in [-0.4, -0.2) is 143 Å². The number of phosphoric acid groups is 2. The minimum atomic E-state index is -4.41. The first kappa shape index (κ1) is 72.0. The molecule has 4 unspecified atom stereocenters. The Morgan fingerprint density at radius 3 is 0.806 bits per heavy atom. The van der Waals surface area contributed by atoms with E-state index in [1.54, 1.807) is 0 Å². The lowest BCUT2D eigenvalue weighted by Crippen LogP contribution is -2.37. The number of rotatable bonds is 59. The summed E-state index contributed by atoms with van der Waals surface area (Å²) in [5.41, 5.74) is 0. The zero-order chi connectivity index (χ0) is 53.3. The largest absolute Gasteiger partial charge is 0.756 e. The van der Waals surface area contributed by atoms with Crippen LogP contribution in [0.25, 0.3) is 0 Å². The summed E-state index contributed by atoms with van der Waals surface area (Å²) in [6.07, 6.45) is 41.1. The Balaban J connectivity index is 4.02. The number of unbranched alkanes of at least 4 members (excludes halogenated alkanes) is 31. The van der Waals surface area contributed by atoms with Gasteiger partial charge in [0.2, 0.25) is 0 Å². The molecule has 14 nitrogen and oxygen atoms in total. The van der Waals surface area contributed by atoms with Gasteiger partial charge >= 0.3 is 0 Å². The number of hydrogen-bond acceptors (Lipinski definition) is 12. The molecule has 0 aliphatic heterocycles. The first-order valence-corrected chi connectivity index (χ1v) is 32.6. The molecule has 0 spiro atoms. The first-order valence-electron chi connectivity index (χ1n) is 29.7. The van der Waals surface area contributed by atoms with Crippen molar-refractivity contribution in [1.29, 1.82) is 0 Å². The molecule has 16 heteroatoms. The third-order valence-corrected chi connectivity index (χ3v) is 14.9. The van der Waals surface area contributed by atoms with Crippen LogP contribution in [0.4, 0.5) is 0 Å². The van der Waals surface area contributed by atoms with Crippen molar-refractivity contribution in [2.75, 3.05) is 121 Å². The molecule has 0 N–H and O–H groups in total. The number of hydrogen-bond donors (Lipinski definition) is 0. The fraction of sp³-hybridized carbons (Fsp3) is 1.00. The Morgan fingerprint density at radius 1 is 0.319 bits per heavy atom. The molecule has 0 amide bonds. The second kappa shape index (κ2) is 49.3. The Bertz CT molecular complexity index is 1150. The molecule has 0 aromatic carbocycles. The van der Waals surface area contributed by atoms with Gasteiger partial charge in [0.15, 0.2) is 0 Å². The zero-order valence-electron chi connectivity index (χ0n) is 48.4. The van der Waals surface area contributed by atoms with E-state index in [-0.39, 0.29) is 26.4 Å². The normalized spacial score (nSPS) is 15.0. The highest BCUT2D eigenvalue weighted by molar-refractivity contribution is 7.46. The molecule has 0 radical (unpaired) electrons. The first-order chi connectivity index (χ1) is 34.5. The molecule has 434 valence electrons. The van der Waals surface area contributed by atoms with Crippen molar-refractivity contribution in [1.82, 2.24) is 0 Å². The smallest absolute Gasteiger partial charge is 0.268 e. The molecule has 0 aromatic heterocycles. The van der Waals surface area contributed by atoms with Crippen LogP contribution < -0.4 is 9.79 Å². The lowest BCUT2D eigenvalue weighted by Gasteiger charge is -2.28.